The number of ether oxygens (including phenoxy) is 1. The smallest absolute Gasteiger partial charge is 0.407 e. The molecule has 0 atom stereocenters. The first-order valence-electron chi connectivity index (χ1n) is 17.1. The van der Waals surface area contributed by atoms with E-state index < -0.39 is 6.09 Å². The standard InChI is InChI=1S/C36H45N5O5/c1-22-32(45-2)16-15-30(38-22)24-5-3-23(4-6-24)20-40(33-19-27(17-18-37-33)31-21-46-34(39-31)25-7-8-25)35(42)26-9-11-28(12-10-26)41(36(43)44)29-13-14-29/h15-19,21,23-26,28-29H,3-14,20H2,1-2H3,(H,43,44). The van der Waals surface area contributed by atoms with Gasteiger partial charge in [0.15, 0.2) is 5.89 Å². The monoisotopic (exact) mass is 627 g/mol. The average Bonchev–Trinajstić information content (AvgIpc) is 4.03. The summed E-state index contributed by atoms with van der Waals surface area (Å²) in [6.07, 6.45) is 13.7. The second-order valence-electron chi connectivity index (χ2n) is 13.9. The second-order valence-corrected chi connectivity index (χ2v) is 13.9. The van der Waals surface area contributed by atoms with Crippen molar-refractivity contribution >= 4 is 17.8 Å². The minimum Gasteiger partial charge on any atom is -0.495 e. The highest BCUT2D eigenvalue weighted by atomic mass is 16.5. The first-order valence-corrected chi connectivity index (χ1v) is 17.1. The second kappa shape index (κ2) is 13.0. The number of pyridine rings is 2. The minimum absolute atomic E-state index is 0.00209. The third kappa shape index (κ3) is 6.62. The molecule has 0 spiro atoms. The Bertz CT molecular complexity index is 1550. The summed E-state index contributed by atoms with van der Waals surface area (Å²) in [7, 11) is 1.67. The molecule has 10 heteroatoms. The summed E-state index contributed by atoms with van der Waals surface area (Å²) in [5.41, 5.74) is 3.71. The van der Waals surface area contributed by atoms with E-state index in [0.29, 0.717) is 43.0 Å². The van der Waals surface area contributed by atoms with E-state index in [1.54, 1.807) is 24.5 Å². The molecular weight excluding hydrogens is 582 g/mol. The highest BCUT2D eigenvalue weighted by Crippen LogP contribution is 2.41. The number of rotatable bonds is 10. The van der Waals surface area contributed by atoms with Gasteiger partial charge in [0.2, 0.25) is 5.91 Å². The fourth-order valence-electron chi connectivity index (χ4n) is 7.65. The van der Waals surface area contributed by atoms with E-state index in [-0.39, 0.29) is 23.9 Å². The Morgan fingerprint density at radius 3 is 2.24 bits per heavy atom. The van der Waals surface area contributed by atoms with Gasteiger partial charge in [-0.15, -0.1) is 0 Å². The van der Waals surface area contributed by atoms with Gasteiger partial charge in [0.1, 0.15) is 23.5 Å². The predicted octanol–water partition coefficient (Wildman–Crippen LogP) is 7.33. The van der Waals surface area contributed by atoms with Crippen LogP contribution in [-0.2, 0) is 4.79 Å². The van der Waals surface area contributed by atoms with Crippen LogP contribution in [-0.4, -0.2) is 62.7 Å². The largest absolute Gasteiger partial charge is 0.495 e. The van der Waals surface area contributed by atoms with Gasteiger partial charge < -0.3 is 19.2 Å². The third-order valence-corrected chi connectivity index (χ3v) is 10.6. The molecule has 46 heavy (non-hydrogen) atoms. The molecule has 0 aromatic carbocycles. The number of oxazole rings is 1. The molecule has 244 valence electrons. The lowest BCUT2D eigenvalue weighted by atomic mass is 9.79. The zero-order chi connectivity index (χ0) is 31.8. The van der Waals surface area contributed by atoms with Gasteiger partial charge in [0.05, 0.1) is 12.8 Å². The van der Waals surface area contributed by atoms with Crippen LogP contribution in [0.5, 0.6) is 5.75 Å². The Morgan fingerprint density at radius 1 is 0.913 bits per heavy atom. The Labute approximate surface area is 270 Å². The van der Waals surface area contributed by atoms with E-state index in [4.69, 9.17) is 24.1 Å². The van der Waals surface area contributed by atoms with E-state index in [1.807, 2.05) is 30.0 Å². The van der Waals surface area contributed by atoms with Gasteiger partial charge in [-0.3, -0.25) is 14.7 Å². The normalized spacial score (nSPS) is 24.7. The third-order valence-electron chi connectivity index (χ3n) is 10.6. The molecule has 4 aliphatic rings. The van der Waals surface area contributed by atoms with Crippen LogP contribution in [0, 0.1) is 18.8 Å². The molecule has 0 radical (unpaired) electrons. The lowest BCUT2D eigenvalue weighted by Crippen LogP contribution is -2.46. The summed E-state index contributed by atoms with van der Waals surface area (Å²) >= 11 is 0. The number of carboxylic acid groups (broad SMARTS) is 1. The number of hydrogen-bond acceptors (Lipinski definition) is 7. The molecule has 4 saturated carbocycles. The van der Waals surface area contributed by atoms with E-state index in [0.717, 1.165) is 98.5 Å². The van der Waals surface area contributed by atoms with Gasteiger partial charge in [-0.25, -0.2) is 14.8 Å². The average molecular weight is 628 g/mol. The van der Waals surface area contributed by atoms with Crippen LogP contribution in [0.25, 0.3) is 11.3 Å². The van der Waals surface area contributed by atoms with Crippen LogP contribution in [0.1, 0.15) is 106 Å². The Morgan fingerprint density at radius 2 is 1.61 bits per heavy atom. The van der Waals surface area contributed by atoms with Gasteiger partial charge in [-0.1, -0.05) is 0 Å². The van der Waals surface area contributed by atoms with Gasteiger partial charge in [0.25, 0.3) is 0 Å². The van der Waals surface area contributed by atoms with Crippen molar-refractivity contribution < 1.29 is 23.8 Å². The van der Waals surface area contributed by atoms with Crippen molar-refractivity contribution in [2.24, 2.45) is 11.8 Å². The fourth-order valence-corrected chi connectivity index (χ4v) is 7.65. The summed E-state index contributed by atoms with van der Waals surface area (Å²) in [5.74, 6) is 3.39. The van der Waals surface area contributed by atoms with Crippen molar-refractivity contribution in [3.8, 4) is 17.0 Å². The molecule has 0 aliphatic heterocycles. The van der Waals surface area contributed by atoms with E-state index >= 15 is 0 Å². The number of carbonyl (C=O) groups excluding carboxylic acids is 1. The molecule has 4 fully saturated rings. The number of nitrogens with zero attached hydrogens (tertiary/aromatic N) is 5. The molecule has 7 rings (SSSR count). The van der Waals surface area contributed by atoms with E-state index in [9.17, 15) is 14.7 Å². The van der Waals surface area contributed by atoms with E-state index in [2.05, 4.69) is 6.07 Å². The number of aryl methyl sites for hydroxylation is 1. The number of anilines is 1. The summed E-state index contributed by atoms with van der Waals surface area (Å²) in [6, 6.07) is 8.17. The molecule has 3 heterocycles. The zero-order valence-corrected chi connectivity index (χ0v) is 26.9. The van der Waals surface area contributed by atoms with Crippen molar-refractivity contribution in [1.82, 2.24) is 19.9 Å². The number of aromatic nitrogens is 3. The van der Waals surface area contributed by atoms with Crippen molar-refractivity contribution in [2.75, 3.05) is 18.6 Å². The number of hydrogen-bond donors (Lipinski definition) is 1. The molecule has 0 bridgehead atoms. The molecule has 3 aromatic rings. The highest BCUT2D eigenvalue weighted by molar-refractivity contribution is 5.94. The maximum Gasteiger partial charge on any atom is 0.407 e. The molecule has 1 N–H and O–H groups in total. The molecule has 4 aliphatic carbocycles. The molecule has 2 amide bonds. The predicted molar refractivity (Wildman–Crippen MR) is 173 cm³/mol. The van der Waals surface area contributed by atoms with Crippen molar-refractivity contribution in [1.29, 1.82) is 0 Å². The molecule has 3 aromatic heterocycles. The summed E-state index contributed by atoms with van der Waals surface area (Å²) in [4.78, 5) is 44.2. The van der Waals surface area contributed by atoms with Crippen LogP contribution < -0.4 is 9.64 Å². The zero-order valence-electron chi connectivity index (χ0n) is 26.9. The molecule has 0 unspecified atom stereocenters. The lowest BCUT2D eigenvalue weighted by molar-refractivity contribution is -0.123. The van der Waals surface area contributed by atoms with Crippen LogP contribution >= 0.6 is 0 Å². The Kier molecular flexibility index (Phi) is 8.70. The quantitative estimate of drug-likeness (QED) is 0.248. The molecular formula is C36H45N5O5. The maximum absolute atomic E-state index is 14.4. The van der Waals surface area contributed by atoms with Gasteiger partial charge in [0, 0.05) is 53.8 Å². The number of methoxy groups -OCH3 is 1. The van der Waals surface area contributed by atoms with E-state index in [1.165, 1.54) is 0 Å². The Hall–Kier alpha value is -3.95. The SMILES string of the molecule is COc1ccc(C2CCC(CN(C(=O)C3CCC(N(C(=O)O)C4CC4)CC3)c3cc(-c4coc(C5CC5)n4)ccn3)CC2)nc1C. The molecule has 0 saturated heterocycles. The fraction of sp³-hybridized carbons (Fsp3) is 0.583. The minimum atomic E-state index is -0.826. The van der Waals surface area contributed by atoms with Gasteiger partial charge >= 0.3 is 6.09 Å². The summed E-state index contributed by atoms with van der Waals surface area (Å²) in [6.45, 7) is 2.61. The van der Waals surface area contributed by atoms with Gasteiger partial charge in [-0.2, -0.15) is 0 Å². The lowest BCUT2D eigenvalue weighted by Gasteiger charge is -2.38. The van der Waals surface area contributed by atoms with Crippen molar-refractivity contribution in [2.45, 2.75) is 108 Å². The van der Waals surface area contributed by atoms with Crippen LogP contribution in [0.15, 0.2) is 41.1 Å². The van der Waals surface area contributed by atoms with Crippen molar-refractivity contribution in [3.05, 3.63) is 54.0 Å². The van der Waals surface area contributed by atoms with Crippen LogP contribution in [0.4, 0.5) is 10.6 Å². The Balaban J connectivity index is 1.07. The molecule has 10 nitrogen and oxygen atoms in total. The first-order chi connectivity index (χ1) is 22.4. The van der Waals surface area contributed by atoms with Gasteiger partial charge in [-0.05, 0) is 114 Å². The summed E-state index contributed by atoms with van der Waals surface area (Å²) < 4.78 is 11.2. The van der Waals surface area contributed by atoms with Crippen LogP contribution in [0.2, 0.25) is 0 Å². The highest BCUT2D eigenvalue weighted by Gasteiger charge is 2.41. The first kappa shape index (κ1) is 30.7. The topological polar surface area (TPSA) is 122 Å². The number of carbonyl (C=O) groups is 2. The summed E-state index contributed by atoms with van der Waals surface area (Å²) in [5, 5.41) is 9.84. The van der Waals surface area contributed by atoms with Crippen LogP contribution in [0.3, 0.4) is 0 Å². The maximum atomic E-state index is 14.4. The number of amides is 2. The van der Waals surface area contributed by atoms with Crippen molar-refractivity contribution in [3.63, 3.8) is 0 Å².